The summed E-state index contributed by atoms with van der Waals surface area (Å²) in [5.41, 5.74) is 0.939. The minimum absolute atomic E-state index is 0.444. The van der Waals surface area contributed by atoms with Gasteiger partial charge in [0.2, 0.25) is 0 Å². The van der Waals surface area contributed by atoms with E-state index in [0.717, 1.165) is 9.35 Å². The number of hydrogen-bond donors (Lipinski definition) is 1. The fourth-order valence-corrected chi connectivity index (χ4v) is 2.04. The Labute approximate surface area is 84.6 Å². The van der Waals surface area contributed by atoms with E-state index < -0.39 is 6.10 Å². The topological polar surface area (TPSA) is 20.2 Å². The molecule has 0 amide bonds. The summed E-state index contributed by atoms with van der Waals surface area (Å²) in [6, 6.07) is 1.92. The van der Waals surface area contributed by atoms with E-state index in [1.807, 2.05) is 11.4 Å². The first-order valence-corrected chi connectivity index (χ1v) is 5.23. The molecule has 0 fully saturated rings. The average Bonchev–Trinajstić information content (AvgIpc) is 2.47. The highest BCUT2D eigenvalue weighted by atomic mass is 79.9. The molecule has 1 unspecified atom stereocenters. The molecule has 3 heteroatoms. The van der Waals surface area contributed by atoms with Crippen LogP contribution in [0, 0.1) is 11.8 Å². The monoisotopic (exact) mass is 244 g/mol. The molecule has 12 heavy (non-hydrogen) atoms. The van der Waals surface area contributed by atoms with Crippen molar-refractivity contribution in [2.24, 2.45) is 0 Å². The molecular weight excluding hydrogens is 236 g/mol. The molecule has 1 atom stereocenters. The van der Waals surface area contributed by atoms with Crippen LogP contribution in [-0.2, 0) is 0 Å². The van der Waals surface area contributed by atoms with Crippen LogP contribution in [0.3, 0.4) is 0 Å². The third kappa shape index (κ3) is 2.63. The second kappa shape index (κ2) is 4.66. The second-order valence-corrected chi connectivity index (χ2v) is 4.62. The molecule has 1 aromatic heterocycles. The van der Waals surface area contributed by atoms with Crippen LogP contribution in [0.15, 0.2) is 15.2 Å². The maximum Gasteiger partial charge on any atom is 0.0907 e. The summed E-state index contributed by atoms with van der Waals surface area (Å²) in [5.74, 6) is 5.60. The third-order valence-corrected chi connectivity index (χ3v) is 2.97. The van der Waals surface area contributed by atoms with Crippen LogP contribution in [0.1, 0.15) is 25.0 Å². The van der Waals surface area contributed by atoms with E-state index in [9.17, 15) is 5.11 Å². The Morgan fingerprint density at radius 1 is 1.75 bits per heavy atom. The number of rotatable bonds is 2. The molecule has 0 bridgehead atoms. The largest absolute Gasteiger partial charge is 0.387 e. The van der Waals surface area contributed by atoms with Crippen molar-refractivity contribution in [3.8, 4) is 11.8 Å². The Balaban J connectivity index is 2.62. The van der Waals surface area contributed by atoms with Gasteiger partial charge in [-0.3, -0.25) is 0 Å². The molecule has 1 N–H and O–H groups in total. The Morgan fingerprint density at radius 2 is 2.50 bits per heavy atom. The first kappa shape index (κ1) is 9.79. The average molecular weight is 245 g/mol. The first-order valence-electron chi connectivity index (χ1n) is 3.55. The normalized spacial score (nSPS) is 11.9. The zero-order chi connectivity index (χ0) is 8.97. The zero-order valence-corrected chi connectivity index (χ0v) is 9.08. The lowest BCUT2D eigenvalue weighted by molar-refractivity contribution is 0.184. The molecule has 0 saturated heterocycles. The van der Waals surface area contributed by atoms with E-state index in [4.69, 9.17) is 0 Å². The minimum Gasteiger partial charge on any atom is -0.387 e. The molecule has 0 aliphatic heterocycles. The fraction of sp³-hybridized carbons (Fsp3) is 0.333. The molecule has 0 saturated carbocycles. The lowest BCUT2D eigenvalue weighted by Gasteiger charge is -2.01. The number of hydrogen-bond acceptors (Lipinski definition) is 2. The predicted octanol–water partition coefficient (Wildman–Crippen LogP) is 2.96. The quantitative estimate of drug-likeness (QED) is 0.794. The van der Waals surface area contributed by atoms with Crippen LogP contribution in [0.4, 0.5) is 0 Å². The molecule has 0 aliphatic carbocycles. The standard InChI is InChI=1S/C9H9BrOS/c1-2-3-4-8(11)7-5-9(10)12-6-7/h5-6,8,11H,4H2,1H3. The van der Waals surface area contributed by atoms with Gasteiger partial charge in [-0.15, -0.1) is 23.2 Å². The van der Waals surface area contributed by atoms with Crippen molar-refractivity contribution >= 4 is 27.3 Å². The Morgan fingerprint density at radius 3 is 3.00 bits per heavy atom. The van der Waals surface area contributed by atoms with E-state index in [1.54, 1.807) is 18.3 Å². The summed E-state index contributed by atoms with van der Waals surface area (Å²) in [6.07, 6.45) is 0.0691. The summed E-state index contributed by atoms with van der Waals surface area (Å²) in [4.78, 5) is 0. The van der Waals surface area contributed by atoms with Gasteiger partial charge in [-0.2, -0.15) is 0 Å². The Bertz CT molecular complexity index is 308. The highest BCUT2D eigenvalue weighted by Crippen LogP contribution is 2.26. The molecule has 0 radical (unpaired) electrons. The molecule has 0 aliphatic rings. The molecular formula is C9H9BrOS. The molecule has 1 nitrogen and oxygen atoms in total. The van der Waals surface area contributed by atoms with Crippen LogP contribution in [0.25, 0.3) is 0 Å². The van der Waals surface area contributed by atoms with Gasteiger partial charge in [-0.05, 0) is 39.9 Å². The summed E-state index contributed by atoms with van der Waals surface area (Å²) < 4.78 is 1.04. The van der Waals surface area contributed by atoms with Crippen LogP contribution in [0.2, 0.25) is 0 Å². The van der Waals surface area contributed by atoms with Gasteiger partial charge in [-0.1, -0.05) is 0 Å². The molecule has 1 heterocycles. The highest BCUT2D eigenvalue weighted by molar-refractivity contribution is 9.11. The summed E-state index contributed by atoms with van der Waals surface area (Å²) in [6.45, 7) is 1.77. The fourth-order valence-electron chi connectivity index (χ4n) is 0.815. The maximum absolute atomic E-state index is 9.55. The Kier molecular flexibility index (Phi) is 3.80. The van der Waals surface area contributed by atoms with Crippen molar-refractivity contribution in [2.45, 2.75) is 19.4 Å². The van der Waals surface area contributed by atoms with Crippen molar-refractivity contribution in [1.82, 2.24) is 0 Å². The summed E-state index contributed by atoms with van der Waals surface area (Å²) >= 11 is 4.91. The number of thiophene rings is 1. The smallest absolute Gasteiger partial charge is 0.0907 e. The van der Waals surface area contributed by atoms with Gasteiger partial charge < -0.3 is 5.11 Å². The van der Waals surface area contributed by atoms with Gasteiger partial charge >= 0.3 is 0 Å². The molecule has 0 spiro atoms. The summed E-state index contributed by atoms with van der Waals surface area (Å²) in [5, 5.41) is 11.5. The van der Waals surface area contributed by atoms with Gasteiger partial charge in [0.25, 0.3) is 0 Å². The van der Waals surface area contributed by atoms with Crippen molar-refractivity contribution in [1.29, 1.82) is 0 Å². The van der Waals surface area contributed by atoms with Crippen molar-refractivity contribution in [3.05, 3.63) is 20.8 Å². The minimum atomic E-state index is -0.444. The van der Waals surface area contributed by atoms with Gasteiger partial charge in [-0.25, -0.2) is 0 Å². The molecule has 0 aromatic carbocycles. The SMILES string of the molecule is CC#CCC(O)c1csc(Br)c1. The maximum atomic E-state index is 9.55. The van der Waals surface area contributed by atoms with Crippen LogP contribution in [0.5, 0.6) is 0 Å². The van der Waals surface area contributed by atoms with Crippen molar-refractivity contribution in [2.75, 3.05) is 0 Å². The Hall–Kier alpha value is -0.300. The zero-order valence-electron chi connectivity index (χ0n) is 6.67. The predicted molar refractivity (Wildman–Crippen MR) is 55.0 cm³/mol. The first-order chi connectivity index (χ1) is 5.74. The number of halogens is 1. The van der Waals surface area contributed by atoms with Crippen LogP contribution in [-0.4, -0.2) is 5.11 Å². The second-order valence-electron chi connectivity index (χ2n) is 2.33. The summed E-state index contributed by atoms with van der Waals surface area (Å²) in [7, 11) is 0. The number of aliphatic hydroxyl groups excluding tert-OH is 1. The van der Waals surface area contributed by atoms with E-state index in [0.29, 0.717) is 6.42 Å². The lowest BCUT2D eigenvalue weighted by Crippen LogP contribution is -1.92. The lowest BCUT2D eigenvalue weighted by atomic mass is 10.1. The highest BCUT2D eigenvalue weighted by Gasteiger charge is 2.06. The van der Waals surface area contributed by atoms with Crippen molar-refractivity contribution in [3.63, 3.8) is 0 Å². The van der Waals surface area contributed by atoms with Crippen LogP contribution >= 0.6 is 27.3 Å². The van der Waals surface area contributed by atoms with E-state index in [1.165, 1.54) is 0 Å². The van der Waals surface area contributed by atoms with E-state index >= 15 is 0 Å². The third-order valence-electron chi connectivity index (χ3n) is 1.44. The van der Waals surface area contributed by atoms with Gasteiger partial charge in [0.15, 0.2) is 0 Å². The molecule has 1 aromatic rings. The number of aliphatic hydroxyl groups is 1. The van der Waals surface area contributed by atoms with Gasteiger partial charge in [0, 0.05) is 6.42 Å². The van der Waals surface area contributed by atoms with Crippen molar-refractivity contribution < 1.29 is 5.11 Å². The van der Waals surface area contributed by atoms with E-state index in [-0.39, 0.29) is 0 Å². The van der Waals surface area contributed by atoms with Gasteiger partial charge in [0.1, 0.15) is 0 Å². The van der Waals surface area contributed by atoms with Gasteiger partial charge in [0.05, 0.1) is 9.89 Å². The molecule has 64 valence electrons. The van der Waals surface area contributed by atoms with Crippen LogP contribution < -0.4 is 0 Å². The molecule has 1 rings (SSSR count). The van der Waals surface area contributed by atoms with E-state index in [2.05, 4.69) is 27.8 Å².